The Labute approximate surface area is 175 Å². The number of aryl methyl sites for hydroxylation is 1. The molecule has 9 heteroatoms. The second-order valence-electron chi connectivity index (χ2n) is 7.34. The summed E-state index contributed by atoms with van der Waals surface area (Å²) in [7, 11) is 2.14. The zero-order chi connectivity index (χ0) is 21.5. The zero-order valence-corrected chi connectivity index (χ0v) is 17.1. The number of hydrogen-bond acceptors (Lipinski definition) is 6. The van der Waals surface area contributed by atoms with Crippen LogP contribution in [0.5, 0.6) is 5.75 Å². The molecule has 9 nitrogen and oxygen atoms in total. The maximum absolute atomic E-state index is 12.0. The molecule has 1 aliphatic rings. The molecule has 0 saturated carbocycles. The molecule has 158 valence electrons. The van der Waals surface area contributed by atoms with E-state index in [4.69, 9.17) is 4.74 Å². The predicted octanol–water partition coefficient (Wildman–Crippen LogP) is 0.767. The number of carbonyl (C=O) groups is 1. The van der Waals surface area contributed by atoms with E-state index < -0.39 is 10.8 Å². The van der Waals surface area contributed by atoms with E-state index in [1.54, 1.807) is 18.2 Å². The minimum Gasteiger partial charge on any atom is -0.484 e. The Hall–Kier alpha value is -3.46. The summed E-state index contributed by atoms with van der Waals surface area (Å²) in [6.45, 7) is 5.46. The quantitative estimate of drug-likeness (QED) is 0.397. The Kier molecular flexibility index (Phi) is 6.97. The van der Waals surface area contributed by atoms with Crippen LogP contribution >= 0.6 is 0 Å². The van der Waals surface area contributed by atoms with Gasteiger partial charge in [-0.15, -0.1) is 0 Å². The van der Waals surface area contributed by atoms with Crippen molar-refractivity contribution in [2.75, 3.05) is 44.7 Å². The molecule has 1 fully saturated rings. The highest BCUT2D eigenvalue weighted by Crippen LogP contribution is 2.24. The number of piperazine rings is 1. The first-order valence-electron chi connectivity index (χ1n) is 9.78. The van der Waals surface area contributed by atoms with Crippen LogP contribution in [-0.2, 0) is 4.79 Å². The van der Waals surface area contributed by atoms with Gasteiger partial charge in [0, 0.05) is 23.4 Å². The predicted molar refractivity (Wildman–Crippen MR) is 114 cm³/mol. The molecule has 0 bridgehead atoms. The SMILES string of the molecule is Cc1ccc(OCC(=O)N/N=C\c2cc([N+](=O)[O-])ccc2N2CC[NH+](C)CC2)cc1. The molecule has 0 radical (unpaired) electrons. The topological polar surface area (TPSA) is 102 Å². The number of quaternary nitrogens is 1. The maximum atomic E-state index is 12.0. The molecule has 0 aromatic heterocycles. The molecule has 0 atom stereocenters. The molecule has 30 heavy (non-hydrogen) atoms. The lowest BCUT2D eigenvalue weighted by Crippen LogP contribution is -3.12. The van der Waals surface area contributed by atoms with E-state index in [9.17, 15) is 14.9 Å². The first-order chi connectivity index (χ1) is 14.4. The highest BCUT2D eigenvalue weighted by atomic mass is 16.6. The summed E-state index contributed by atoms with van der Waals surface area (Å²) in [5.74, 6) is 0.180. The summed E-state index contributed by atoms with van der Waals surface area (Å²) in [5.41, 5.74) is 4.94. The lowest BCUT2D eigenvalue weighted by atomic mass is 10.1. The summed E-state index contributed by atoms with van der Waals surface area (Å²) in [6, 6.07) is 12.1. The smallest absolute Gasteiger partial charge is 0.277 e. The third-order valence-electron chi connectivity index (χ3n) is 4.96. The number of ether oxygens (including phenoxy) is 1. The molecule has 0 aliphatic carbocycles. The van der Waals surface area contributed by atoms with Crippen LogP contribution in [0.3, 0.4) is 0 Å². The number of nitro benzene ring substituents is 1. The average Bonchev–Trinajstić information content (AvgIpc) is 2.74. The number of hydrazone groups is 1. The number of benzene rings is 2. The fourth-order valence-corrected chi connectivity index (χ4v) is 3.17. The number of nitrogens with one attached hydrogen (secondary N) is 2. The van der Waals surface area contributed by atoms with Crippen molar-refractivity contribution >= 4 is 23.5 Å². The van der Waals surface area contributed by atoms with E-state index in [1.165, 1.54) is 23.2 Å². The Bertz CT molecular complexity index is 921. The van der Waals surface area contributed by atoms with Crippen LogP contribution in [-0.4, -0.2) is 56.9 Å². The monoisotopic (exact) mass is 412 g/mol. The number of carbonyl (C=O) groups excluding carboxylic acids is 1. The lowest BCUT2D eigenvalue weighted by Gasteiger charge is -2.32. The Morgan fingerprint density at radius 1 is 1.27 bits per heavy atom. The average molecular weight is 412 g/mol. The van der Waals surface area contributed by atoms with Gasteiger partial charge in [0.2, 0.25) is 0 Å². The van der Waals surface area contributed by atoms with Gasteiger partial charge in [-0.25, -0.2) is 5.43 Å². The molecular weight excluding hydrogens is 386 g/mol. The first kappa shape index (κ1) is 21.3. The van der Waals surface area contributed by atoms with Gasteiger partial charge in [0.15, 0.2) is 6.61 Å². The van der Waals surface area contributed by atoms with Gasteiger partial charge in [-0.05, 0) is 25.1 Å². The fraction of sp³-hybridized carbons (Fsp3) is 0.333. The van der Waals surface area contributed by atoms with Crippen molar-refractivity contribution in [2.24, 2.45) is 5.10 Å². The van der Waals surface area contributed by atoms with Crippen LogP contribution in [0.2, 0.25) is 0 Å². The van der Waals surface area contributed by atoms with Gasteiger partial charge >= 0.3 is 0 Å². The van der Waals surface area contributed by atoms with Crippen LogP contribution in [0.25, 0.3) is 0 Å². The summed E-state index contributed by atoms with van der Waals surface area (Å²) < 4.78 is 5.42. The van der Waals surface area contributed by atoms with Crippen LogP contribution in [0.15, 0.2) is 47.6 Å². The number of nitro groups is 1. The van der Waals surface area contributed by atoms with E-state index in [0.29, 0.717) is 11.3 Å². The van der Waals surface area contributed by atoms with Gasteiger partial charge in [0.05, 0.1) is 44.4 Å². The minimum absolute atomic E-state index is 0.0195. The first-order valence-corrected chi connectivity index (χ1v) is 9.78. The number of amides is 1. The molecule has 1 amide bonds. The number of likely N-dealkylation sites (N-methyl/N-ethyl adjacent to an activating group) is 1. The number of hydrogen-bond donors (Lipinski definition) is 2. The van der Waals surface area contributed by atoms with Crippen molar-refractivity contribution in [3.05, 3.63) is 63.7 Å². The molecule has 1 heterocycles. The molecule has 0 unspecified atom stereocenters. The van der Waals surface area contributed by atoms with Gasteiger partial charge in [0.1, 0.15) is 5.75 Å². The van der Waals surface area contributed by atoms with E-state index in [0.717, 1.165) is 37.4 Å². The number of non-ortho nitro benzene ring substituents is 1. The van der Waals surface area contributed by atoms with Crippen molar-refractivity contribution in [1.29, 1.82) is 0 Å². The minimum atomic E-state index is -0.441. The van der Waals surface area contributed by atoms with E-state index in [2.05, 4.69) is 22.5 Å². The maximum Gasteiger partial charge on any atom is 0.277 e. The molecule has 3 rings (SSSR count). The largest absolute Gasteiger partial charge is 0.484 e. The number of nitrogens with zero attached hydrogens (tertiary/aromatic N) is 3. The molecule has 0 spiro atoms. The van der Waals surface area contributed by atoms with Crippen LogP contribution < -0.4 is 20.0 Å². The van der Waals surface area contributed by atoms with Crippen molar-refractivity contribution in [2.45, 2.75) is 6.92 Å². The molecule has 1 aliphatic heterocycles. The van der Waals surface area contributed by atoms with Crippen LogP contribution in [0.1, 0.15) is 11.1 Å². The van der Waals surface area contributed by atoms with Crippen LogP contribution in [0.4, 0.5) is 11.4 Å². The summed E-state index contributed by atoms with van der Waals surface area (Å²) in [5, 5.41) is 15.1. The van der Waals surface area contributed by atoms with Gasteiger partial charge in [0.25, 0.3) is 11.6 Å². The van der Waals surface area contributed by atoms with Gasteiger partial charge in [-0.2, -0.15) is 5.10 Å². The number of rotatable bonds is 7. The third-order valence-corrected chi connectivity index (χ3v) is 4.96. The van der Waals surface area contributed by atoms with Crippen molar-refractivity contribution in [3.63, 3.8) is 0 Å². The molecular formula is C21H26N5O4+. The Morgan fingerprint density at radius 2 is 1.97 bits per heavy atom. The fourth-order valence-electron chi connectivity index (χ4n) is 3.17. The highest BCUT2D eigenvalue weighted by molar-refractivity contribution is 5.90. The van der Waals surface area contributed by atoms with E-state index >= 15 is 0 Å². The summed E-state index contributed by atoms with van der Waals surface area (Å²) in [6.07, 6.45) is 1.44. The normalized spacial score (nSPS) is 14.7. The third kappa shape index (κ3) is 5.77. The van der Waals surface area contributed by atoms with Crippen molar-refractivity contribution in [1.82, 2.24) is 5.43 Å². The molecule has 2 aromatic carbocycles. The Balaban J connectivity index is 1.65. The van der Waals surface area contributed by atoms with Gasteiger partial charge in [-0.1, -0.05) is 17.7 Å². The second kappa shape index (κ2) is 9.84. The van der Waals surface area contributed by atoms with Crippen molar-refractivity contribution < 1.29 is 19.4 Å². The van der Waals surface area contributed by atoms with Crippen LogP contribution in [0, 0.1) is 17.0 Å². The van der Waals surface area contributed by atoms with E-state index in [1.807, 2.05) is 19.1 Å². The molecule has 2 N–H and O–H groups in total. The lowest BCUT2D eigenvalue weighted by molar-refractivity contribution is -0.880. The molecule has 2 aromatic rings. The Morgan fingerprint density at radius 3 is 2.63 bits per heavy atom. The van der Waals surface area contributed by atoms with Crippen molar-refractivity contribution in [3.8, 4) is 5.75 Å². The molecule has 1 saturated heterocycles. The second-order valence-corrected chi connectivity index (χ2v) is 7.34. The standard InChI is InChI=1S/C21H25N5O4/c1-16-3-6-19(7-4-16)30-15-21(27)23-22-14-17-13-18(26(28)29)5-8-20(17)25-11-9-24(2)10-12-25/h3-8,13-14H,9-12,15H2,1-2H3,(H,23,27)/p+1/b22-14-. The van der Waals surface area contributed by atoms with Gasteiger partial charge < -0.3 is 14.5 Å². The number of anilines is 1. The van der Waals surface area contributed by atoms with Gasteiger partial charge in [-0.3, -0.25) is 14.9 Å². The zero-order valence-electron chi connectivity index (χ0n) is 17.1. The summed E-state index contributed by atoms with van der Waals surface area (Å²) >= 11 is 0. The summed E-state index contributed by atoms with van der Waals surface area (Å²) in [4.78, 5) is 26.4. The highest BCUT2D eigenvalue weighted by Gasteiger charge is 2.20. The van der Waals surface area contributed by atoms with E-state index in [-0.39, 0.29) is 12.3 Å².